The molecule has 6 heteroatoms. The molecule has 0 aliphatic carbocycles. The van der Waals surface area contributed by atoms with Gasteiger partial charge in [-0.05, 0) is 89.9 Å². The number of esters is 3. The lowest BCUT2D eigenvalue weighted by Crippen LogP contribution is -2.30. The zero-order chi connectivity index (χ0) is 53.6. The van der Waals surface area contributed by atoms with Crippen LogP contribution in [0, 0.1) is 0 Å². The van der Waals surface area contributed by atoms with Crippen molar-refractivity contribution < 1.29 is 28.6 Å². The standard InChI is InChI=1S/C68H120O6/c1-4-7-10-13-16-18-20-22-24-25-26-27-28-29-30-31-32-33-34-35-36-37-38-39-40-41-42-43-44-46-47-49-52-55-58-61-67(70)73-64-65(63-72-66(69)60-57-54-51-15-12-9-6-3)74-68(71)62-59-56-53-50-48-45-23-21-19-17-14-11-8-5-2/h7,10,16,18,21-24,26-27,29-30,65H,4-6,8-9,11-15,17,19-20,25,28,31-64H2,1-3H3/b10-7-,18-16-,23-21-,24-22-,27-26-,30-29-. The number of rotatable bonds is 58. The molecule has 0 radical (unpaired) electrons. The third-order valence-electron chi connectivity index (χ3n) is 13.9. The molecule has 0 N–H and O–H groups in total. The van der Waals surface area contributed by atoms with Gasteiger partial charge in [-0.25, -0.2) is 0 Å². The SMILES string of the molecule is CC/C=C\C/C=C\C/C=C\C/C=C\C/C=C\CCCCCCCCCCCCCCCCCCCCCC(=O)OCC(COC(=O)CCCCCCCCC)OC(=O)CCCCCCC/C=C\CCCCCCC. The van der Waals surface area contributed by atoms with E-state index in [4.69, 9.17) is 14.2 Å². The number of ether oxygens (including phenoxy) is 3. The van der Waals surface area contributed by atoms with Crippen molar-refractivity contribution in [3.05, 3.63) is 72.9 Å². The van der Waals surface area contributed by atoms with Crippen LogP contribution in [0.25, 0.3) is 0 Å². The predicted molar refractivity (Wildman–Crippen MR) is 321 cm³/mol. The van der Waals surface area contributed by atoms with Crippen LogP contribution in [-0.4, -0.2) is 37.2 Å². The highest BCUT2D eigenvalue weighted by atomic mass is 16.6. The van der Waals surface area contributed by atoms with E-state index in [0.29, 0.717) is 19.3 Å². The highest BCUT2D eigenvalue weighted by Gasteiger charge is 2.19. The van der Waals surface area contributed by atoms with Crippen LogP contribution in [0.4, 0.5) is 0 Å². The monoisotopic (exact) mass is 1030 g/mol. The third-order valence-corrected chi connectivity index (χ3v) is 13.9. The summed E-state index contributed by atoms with van der Waals surface area (Å²) >= 11 is 0. The van der Waals surface area contributed by atoms with Gasteiger partial charge in [0.2, 0.25) is 0 Å². The summed E-state index contributed by atoms with van der Waals surface area (Å²) in [5.74, 6) is -0.875. The van der Waals surface area contributed by atoms with Crippen molar-refractivity contribution in [1.29, 1.82) is 0 Å². The Labute approximate surface area is 459 Å². The Bertz CT molecular complexity index is 1370. The summed E-state index contributed by atoms with van der Waals surface area (Å²) < 4.78 is 16.8. The number of carbonyl (C=O) groups excluding carboxylic acids is 3. The molecule has 6 nitrogen and oxygen atoms in total. The van der Waals surface area contributed by atoms with Crippen molar-refractivity contribution in [2.45, 2.75) is 329 Å². The van der Waals surface area contributed by atoms with Crippen LogP contribution in [0.1, 0.15) is 323 Å². The maximum atomic E-state index is 12.8. The number of carbonyl (C=O) groups is 3. The summed E-state index contributed by atoms with van der Waals surface area (Å²) in [6, 6.07) is 0. The van der Waals surface area contributed by atoms with Gasteiger partial charge in [0.25, 0.3) is 0 Å². The average Bonchev–Trinajstić information content (AvgIpc) is 3.40. The molecule has 0 spiro atoms. The zero-order valence-electron chi connectivity index (χ0n) is 49.1. The summed E-state index contributed by atoms with van der Waals surface area (Å²) in [6.45, 7) is 6.49. The first kappa shape index (κ1) is 70.8. The van der Waals surface area contributed by atoms with Gasteiger partial charge in [0, 0.05) is 19.3 Å². The summed E-state index contributed by atoms with van der Waals surface area (Å²) in [6.07, 6.45) is 81.0. The molecule has 428 valence electrons. The Morgan fingerprint density at radius 1 is 0.284 bits per heavy atom. The van der Waals surface area contributed by atoms with Crippen molar-refractivity contribution in [3.63, 3.8) is 0 Å². The van der Waals surface area contributed by atoms with E-state index in [9.17, 15) is 14.4 Å². The number of allylic oxidation sites excluding steroid dienone is 12. The van der Waals surface area contributed by atoms with Crippen molar-refractivity contribution >= 4 is 17.9 Å². The summed E-state index contributed by atoms with van der Waals surface area (Å²) in [7, 11) is 0. The summed E-state index contributed by atoms with van der Waals surface area (Å²) in [5.41, 5.74) is 0. The molecule has 0 heterocycles. The third kappa shape index (κ3) is 59.7. The second kappa shape index (κ2) is 62.4. The maximum Gasteiger partial charge on any atom is 0.306 e. The molecule has 0 rings (SSSR count). The van der Waals surface area contributed by atoms with Crippen molar-refractivity contribution in [2.24, 2.45) is 0 Å². The Balaban J connectivity index is 3.95. The summed E-state index contributed by atoms with van der Waals surface area (Å²) in [4.78, 5) is 38.0. The molecule has 0 saturated carbocycles. The highest BCUT2D eigenvalue weighted by Crippen LogP contribution is 2.17. The van der Waals surface area contributed by atoms with Crippen molar-refractivity contribution in [2.75, 3.05) is 13.2 Å². The topological polar surface area (TPSA) is 78.9 Å². The molecule has 0 aromatic rings. The van der Waals surface area contributed by atoms with Gasteiger partial charge in [-0.2, -0.15) is 0 Å². The van der Waals surface area contributed by atoms with Crippen LogP contribution in [0.15, 0.2) is 72.9 Å². The van der Waals surface area contributed by atoms with Gasteiger partial charge in [0.1, 0.15) is 13.2 Å². The Hall–Kier alpha value is -3.15. The van der Waals surface area contributed by atoms with Gasteiger partial charge in [-0.1, -0.05) is 286 Å². The fourth-order valence-corrected chi connectivity index (χ4v) is 9.17. The van der Waals surface area contributed by atoms with Crippen LogP contribution in [0.5, 0.6) is 0 Å². The lowest BCUT2D eigenvalue weighted by atomic mass is 10.0. The van der Waals surface area contributed by atoms with E-state index in [1.165, 1.54) is 186 Å². The van der Waals surface area contributed by atoms with Crippen LogP contribution >= 0.6 is 0 Å². The van der Waals surface area contributed by atoms with E-state index < -0.39 is 6.10 Å². The Kier molecular flexibility index (Phi) is 59.7. The minimum absolute atomic E-state index is 0.0736. The molecular formula is C68H120O6. The molecule has 0 aliphatic heterocycles. The highest BCUT2D eigenvalue weighted by molar-refractivity contribution is 5.71. The van der Waals surface area contributed by atoms with E-state index in [-0.39, 0.29) is 31.1 Å². The normalized spacial score (nSPS) is 12.5. The van der Waals surface area contributed by atoms with Crippen LogP contribution in [-0.2, 0) is 28.6 Å². The van der Waals surface area contributed by atoms with Gasteiger partial charge in [0.05, 0.1) is 0 Å². The molecule has 0 bridgehead atoms. The molecule has 0 amide bonds. The zero-order valence-corrected chi connectivity index (χ0v) is 49.1. The summed E-state index contributed by atoms with van der Waals surface area (Å²) in [5, 5.41) is 0. The van der Waals surface area contributed by atoms with Crippen LogP contribution < -0.4 is 0 Å². The average molecular weight is 1030 g/mol. The van der Waals surface area contributed by atoms with E-state index in [1.807, 2.05) is 0 Å². The predicted octanol–water partition coefficient (Wildman–Crippen LogP) is 21.7. The molecule has 0 saturated heterocycles. The van der Waals surface area contributed by atoms with E-state index in [1.54, 1.807) is 0 Å². The van der Waals surface area contributed by atoms with Gasteiger partial charge < -0.3 is 14.2 Å². The van der Waals surface area contributed by atoms with Crippen molar-refractivity contribution in [3.8, 4) is 0 Å². The first-order valence-corrected chi connectivity index (χ1v) is 31.9. The second-order valence-corrected chi connectivity index (χ2v) is 21.3. The van der Waals surface area contributed by atoms with E-state index in [2.05, 4.69) is 93.7 Å². The molecule has 0 fully saturated rings. The minimum atomic E-state index is -0.773. The van der Waals surface area contributed by atoms with Gasteiger partial charge in [0.15, 0.2) is 6.10 Å². The quantitative estimate of drug-likeness (QED) is 0.0261. The first-order valence-electron chi connectivity index (χ1n) is 31.9. The minimum Gasteiger partial charge on any atom is -0.462 e. The van der Waals surface area contributed by atoms with Gasteiger partial charge in [-0.3, -0.25) is 14.4 Å². The lowest BCUT2D eigenvalue weighted by Gasteiger charge is -2.18. The first-order chi connectivity index (χ1) is 36.5. The number of hydrogen-bond acceptors (Lipinski definition) is 6. The second-order valence-electron chi connectivity index (χ2n) is 21.3. The molecular weight excluding hydrogens is 913 g/mol. The molecule has 1 unspecified atom stereocenters. The van der Waals surface area contributed by atoms with Crippen LogP contribution in [0.3, 0.4) is 0 Å². The van der Waals surface area contributed by atoms with Crippen LogP contribution in [0.2, 0.25) is 0 Å². The van der Waals surface area contributed by atoms with E-state index >= 15 is 0 Å². The molecule has 0 aliphatic rings. The Morgan fingerprint density at radius 3 is 0.838 bits per heavy atom. The molecule has 1 atom stereocenters. The smallest absolute Gasteiger partial charge is 0.306 e. The maximum absolute atomic E-state index is 12.8. The number of hydrogen-bond donors (Lipinski definition) is 0. The fraction of sp³-hybridized carbons (Fsp3) is 0.779. The van der Waals surface area contributed by atoms with Gasteiger partial charge >= 0.3 is 17.9 Å². The fourth-order valence-electron chi connectivity index (χ4n) is 9.17. The van der Waals surface area contributed by atoms with Crippen molar-refractivity contribution in [1.82, 2.24) is 0 Å². The van der Waals surface area contributed by atoms with Gasteiger partial charge in [-0.15, -0.1) is 0 Å². The van der Waals surface area contributed by atoms with E-state index in [0.717, 1.165) is 96.3 Å². The Morgan fingerprint density at radius 2 is 0.527 bits per heavy atom. The largest absolute Gasteiger partial charge is 0.462 e. The number of unbranched alkanes of at least 4 members (excludes halogenated alkanes) is 35. The molecule has 0 aromatic carbocycles. The molecule has 0 aromatic heterocycles. The molecule has 74 heavy (non-hydrogen) atoms. The lowest BCUT2D eigenvalue weighted by molar-refractivity contribution is -0.167.